The number of fused-ring (bicyclic) bond motifs is 1. The number of halogens is 3. The normalized spacial score (nSPS) is 16.8. The Hall–Kier alpha value is -4.93. The standard InChI is InChI=1S/C34H40F3N7O6S/c1-7-42(31(47)50-32(2,3)4)21-27-24(18-41(6)39-27)22-11-8-14-33(5,17-22)51(48,49)44-20-25(23-12-9-15-38-30(23)44)26-19-43(16-10-13-28(45)46)40-29(26)34(35,36)37/h8-9,11-12,15,17-20H,7,10,13-14,16,21H2,1-6H3,(H,45,46). The molecule has 274 valence electrons. The van der Waals surface area contributed by atoms with Gasteiger partial charge in [-0.05, 0) is 65.2 Å². The van der Waals surface area contributed by atoms with E-state index in [9.17, 15) is 31.2 Å². The second kappa shape index (κ2) is 13.7. The Morgan fingerprint density at radius 1 is 1.10 bits per heavy atom. The van der Waals surface area contributed by atoms with Crippen LogP contribution in [0.15, 0.2) is 55.1 Å². The van der Waals surface area contributed by atoms with Crippen LogP contribution < -0.4 is 0 Å². The third kappa shape index (κ3) is 7.72. The monoisotopic (exact) mass is 731 g/mol. The molecule has 0 spiro atoms. The van der Waals surface area contributed by atoms with Crippen LogP contribution in [0.3, 0.4) is 0 Å². The topological polar surface area (TPSA) is 154 Å². The van der Waals surface area contributed by atoms with Crippen LogP contribution in [-0.2, 0) is 45.9 Å². The Labute approximate surface area is 293 Å². The van der Waals surface area contributed by atoms with E-state index >= 15 is 0 Å². The molecule has 1 aliphatic rings. The van der Waals surface area contributed by atoms with E-state index in [0.717, 1.165) is 21.0 Å². The molecule has 4 aromatic rings. The highest BCUT2D eigenvalue weighted by atomic mass is 32.2. The SMILES string of the molecule is CCN(Cc1nn(C)cc1C1=CC(C)(S(=O)(=O)n2cc(-c3cn(CCCC(=O)O)nc3C(F)(F)F)c3cccnc32)CC=C1)C(=O)OC(C)(C)C. The van der Waals surface area contributed by atoms with Crippen LogP contribution in [-0.4, -0.2) is 75.9 Å². The number of carbonyl (C=O) groups excluding carboxylic acids is 1. The zero-order valence-corrected chi connectivity index (χ0v) is 29.9. The molecule has 13 nitrogen and oxygen atoms in total. The van der Waals surface area contributed by atoms with E-state index < -0.39 is 44.3 Å². The number of carbonyl (C=O) groups is 2. The molecule has 51 heavy (non-hydrogen) atoms. The Morgan fingerprint density at radius 3 is 2.47 bits per heavy atom. The number of nitrogens with zero attached hydrogens (tertiary/aromatic N) is 7. The maximum atomic E-state index is 14.6. The van der Waals surface area contributed by atoms with Crippen molar-refractivity contribution >= 4 is 38.7 Å². The van der Waals surface area contributed by atoms with E-state index in [1.54, 1.807) is 56.9 Å². The van der Waals surface area contributed by atoms with Gasteiger partial charge < -0.3 is 14.7 Å². The highest BCUT2D eigenvalue weighted by Gasteiger charge is 2.43. The number of hydrogen-bond acceptors (Lipinski definition) is 8. The molecule has 0 radical (unpaired) electrons. The first-order chi connectivity index (χ1) is 23.7. The summed E-state index contributed by atoms with van der Waals surface area (Å²) in [5.41, 5.74) is -0.782. The average molecular weight is 732 g/mol. The summed E-state index contributed by atoms with van der Waals surface area (Å²) in [6, 6.07) is 2.99. The molecule has 0 fully saturated rings. The van der Waals surface area contributed by atoms with Gasteiger partial charge in [0.25, 0.3) is 0 Å². The van der Waals surface area contributed by atoms with Crippen molar-refractivity contribution < 1.29 is 41.0 Å². The van der Waals surface area contributed by atoms with Crippen molar-refractivity contribution in [2.45, 2.75) is 83.5 Å². The largest absolute Gasteiger partial charge is 0.481 e. The van der Waals surface area contributed by atoms with Crippen LogP contribution in [0.4, 0.5) is 18.0 Å². The van der Waals surface area contributed by atoms with Gasteiger partial charge in [0.1, 0.15) is 10.3 Å². The number of amides is 1. The lowest BCUT2D eigenvalue weighted by atomic mass is 9.93. The zero-order valence-electron chi connectivity index (χ0n) is 29.1. The lowest BCUT2D eigenvalue weighted by molar-refractivity contribution is -0.141. The van der Waals surface area contributed by atoms with Crippen molar-refractivity contribution in [3.8, 4) is 11.1 Å². The van der Waals surface area contributed by atoms with Crippen LogP contribution in [0.2, 0.25) is 0 Å². The predicted octanol–water partition coefficient (Wildman–Crippen LogP) is 6.25. The summed E-state index contributed by atoms with van der Waals surface area (Å²) in [5.74, 6) is -1.09. The molecule has 0 saturated heterocycles. The number of carboxylic acid groups (broad SMARTS) is 1. The van der Waals surface area contributed by atoms with Gasteiger partial charge in [0.15, 0.2) is 11.3 Å². The fourth-order valence-electron chi connectivity index (χ4n) is 5.90. The fourth-order valence-corrected chi connectivity index (χ4v) is 7.55. The first kappa shape index (κ1) is 37.3. The number of aryl methyl sites for hydroxylation is 2. The molecule has 5 rings (SSSR count). The Kier molecular flexibility index (Phi) is 9.99. The molecule has 1 aliphatic carbocycles. The number of hydrogen-bond donors (Lipinski definition) is 1. The predicted molar refractivity (Wildman–Crippen MR) is 183 cm³/mol. The summed E-state index contributed by atoms with van der Waals surface area (Å²) >= 11 is 0. The van der Waals surface area contributed by atoms with E-state index in [0.29, 0.717) is 23.4 Å². The Balaban J connectivity index is 1.57. The van der Waals surface area contributed by atoms with Crippen molar-refractivity contribution in [1.29, 1.82) is 0 Å². The van der Waals surface area contributed by atoms with Crippen LogP contribution in [0.1, 0.15) is 70.8 Å². The molecule has 17 heteroatoms. The molecule has 0 bridgehead atoms. The van der Waals surface area contributed by atoms with Crippen LogP contribution in [0, 0.1) is 0 Å². The molecule has 1 unspecified atom stereocenters. The molecule has 4 aromatic heterocycles. The van der Waals surface area contributed by atoms with E-state index in [4.69, 9.17) is 9.84 Å². The molecule has 4 heterocycles. The summed E-state index contributed by atoms with van der Waals surface area (Å²) in [4.78, 5) is 29.6. The number of rotatable bonds is 11. The van der Waals surface area contributed by atoms with Crippen molar-refractivity contribution in [1.82, 2.24) is 33.4 Å². The van der Waals surface area contributed by atoms with Gasteiger partial charge >= 0.3 is 18.2 Å². The van der Waals surface area contributed by atoms with E-state index in [-0.39, 0.29) is 54.5 Å². The molecular weight excluding hydrogens is 691 g/mol. The average Bonchev–Trinajstić information content (AvgIpc) is 3.73. The molecule has 1 atom stereocenters. The highest BCUT2D eigenvalue weighted by molar-refractivity contribution is 7.91. The summed E-state index contributed by atoms with van der Waals surface area (Å²) in [7, 11) is -2.70. The number of pyridine rings is 1. The number of aliphatic carboxylic acids is 1. The van der Waals surface area contributed by atoms with Crippen LogP contribution >= 0.6 is 0 Å². The maximum Gasteiger partial charge on any atom is 0.435 e. The summed E-state index contributed by atoms with van der Waals surface area (Å²) in [6.07, 6.45) is 4.84. The van der Waals surface area contributed by atoms with Crippen molar-refractivity contribution in [3.05, 3.63) is 72.1 Å². The molecule has 0 aliphatic heterocycles. The Morgan fingerprint density at radius 2 is 1.82 bits per heavy atom. The van der Waals surface area contributed by atoms with Crippen LogP contribution in [0.5, 0.6) is 0 Å². The first-order valence-corrected chi connectivity index (χ1v) is 17.7. The molecule has 1 amide bonds. The zero-order chi connectivity index (χ0) is 37.5. The second-order valence-electron chi connectivity index (χ2n) is 13.5. The number of ether oxygens (including phenoxy) is 1. The van der Waals surface area contributed by atoms with Gasteiger partial charge in [0.2, 0.25) is 10.0 Å². The van der Waals surface area contributed by atoms with E-state index in [1.165, 1.54) is 30.2 Å². The third-order valence-electron chi connectivity index (χ3n) is 8.35. The minimum absolute atomic E-state index is 0.0438. The fraction of sp³-hybridized carbons (Fsp3) is 0.441. The Bertz CT molecular complexity index is 2140. The maximum absolute atomic E-state index is 14.6. The van der Waals surface area contributed by atoms with Crippen molar-refractivity contribution in [3.63, 3.8) is 0 Å². The van der Waals surface area contributed by atoms with E-state index in [1.807, 2.05) is 6.92 Å². The van der Waals surface area contributed by atoms with Gasteiger partial charge in [-0.2, -0.15) is 23.4 Å². The molecular formula is C34H40F3N7O6S. The van der Waals surface area contributed by atoms with Gasteiger partial charge in [-0.3, -0.25) is 14.2 Å². The number of alkyl halides is 3. The minimum Gasteiger partial charge on any atom is -0.481 e. The van der Waals surface area contributed by atoms with Crippen molar-refractivity contribution in [2.75, 3.05) is 6.54 Å². The van der Waals surface area contributed by atoms with Crippen molar-refractivity contribution in [2.24, 2.45) is 7.05 Å². The molecule has 0 saturated carbocycles. The molecule has 0 aromatic carbocycles. The smallest absolute Gasteiger partial charge is 0.435 e. The number of allylic oxidation sites excluding steroid dienone is 3. The number of carboxylic acids is 1. The van der Waals surface area contributed by atoms with Gasteiger partial charge in [0.05, 0.1) is 12.2 Å². The second-order valence-corrected chi connectivity index (χ2v) is 15.8. The van der Waals surface area contributed by atoms with Gasteiger partial charge in [-0.1, -0.05) is 18.2 Å². The lowest BCUT2D eigenvalue weighted by Crippen LogP contribution is -2.38. The first-order valence-electron chi connectivity index (χ1n) is 16.2. The summed E-state index contributed by atoms with van der Waals surface area (Å²) < 4.78 is 79.6. The quantitative estimate of drug-likeness (QED) is 0.188. The van der Waals surface area contributed by atoms with Gasteiger partial charge in [0, 0.05) is 73.4 Å². The molecule has 1 N–H and O–H groups in total. The lowest BCUT2D eigenvalue weighted by Gasteiger charge is -2.29. The summed E-state index contributed by atoms with van der Waals surface area (Å²) in [6.45, 7) is 8.97. The number of aromatic nitrogens is 6. The van der Waals surface area contributed by atoms with Crippen LogP contribution in [0.25, 0.3) is 27.7 Å². The highest BCUT2D eigenvalue weighted by Crippen LogP contribution is 2.42. The van der Waals surface area contributed by atoms with Gasteiger partial charge in [-0.15, -0.1) is 0 Å². The minimum atomic E-state index is -4.89. The summed E-state index contributed by atoms with van der Waals surface area (Å²) in [5, 5.41) is 17.4. The van der Waals surface area contributed by atoms with Gasteiger partial charge in [-0.25, -0.2) is 22.2 Å². The third-order valence-corrected chi connectivity index (χ3v) is 10.6. The van der Waals surface area contributed by atoms with E-state index in [2.05, 4.69) is 15.2 Å².